The number of methoxy groups -OCH3 is 1. The molecule has 1 fully saturated rings. The van der Waals surface area contributed by atoms with E-state index in [1.54, 1.807) is 9.47 Å². The summed E-state index contributed by atoms with van der Waals surface area (Å²) < 4.78 is 12.0. The van der Waals surface area contributed by atoms with Gasteiger partial charge in [-0.2, -0.15) is 0 Å². The number of carbonyl (C=O) groups excluding carboxylic acids is 1. The van der Waals surface area contributed by atoms with Crippen molar-refractivity contribution in [3.05, 3.63) is 19.7 Å². The molecule has 9 heteroatoms. The lowest BCUT2D eigenvalue weighted by Gasteiger charge is -2.25. The fraction of sp³-hybridized carbons (Fsp3) is 0.667. The van der Waals surface area contributed by atoms with Gasteiger partial charge in [0.05, 0.1) is 33.4 Å². The topological polar surface area (TPSA) is 78.8 Å². The Morgan fingerprint density at radius 1 is 1.38 bits per heavy atom. The monoisotopic (exact) mass is 356 g/mol. The third-order valence-electron chi connectivity index (χ3n) is 4.42. The van der Waals surface area contributed by atoms with Gasteiger partial charge >= 0.3 is 5.97 Å². The molecule has 3 rings (SSSR count). The van der Waals surface area contributed by atoms with Crippen LogP contribution in [0.15, 0.2) is 9.79 Å². The maximum Gasteiger partial charge on any atom is 0.332 e. The van der Waals surface area contributed by atoms with Gasteiger partial charge in [0.15, 0.2) is 18.1 Å². The summed E-state index contributed by atoms with van der Waals surface area (Å²) in [5.41, 5.74) is -0.153. The summed E-state index contributed by atoms with van der Waals surface area (Å²) in [7, 11) is 1.30. The van der Waals surface area contributed by atoms with Crippen molar-refractivity contribution in [1.82, 2.24) is 4.57 Å². The highest BCUT2D eigenvalue weighted by molar-refractivity contribution is 7.07. The summed E-state index contributed by atoms with van der Waals surface area (Å²) in [6.45, 7) is 7.30. The molecular weight excluding hydrogens is 332 g/mol. The number of aromatic nitrogens is 1. The summed E-state index contributed by atoms with van der Waals surface area (Å²) in [5.74, 6) is -0.510. The molecule has 0 radical (unpaired) electrons. The SMILES string of the molecule is COC(=O)/C=c1\sc2n(c1=O)C[NH+](CCC[NH+]1CCOCC1)CN=2. The second-order valence-corrected chi connectivity index (χ2v) is 7.10. The number of esters is 1. The van der Waals surface area contributed by atoms with E-state index in [4.69, 9.17) is 4.74 Å². The number of fused-ring (bicyclic) bond motifs is 1. The fourth-order valence-electron chi connectivity index (χ4n) is 3.04. The van der Waals surface area contributed by atoms with Gasteiger partial charge in [-0.1, -0.05) is 11.3 Å². The smallest absolute Gasteiger partial charge is 0.332 e. The minimum Gasteiger partial charge on any atom is -0.466 e. The first-order valence-corrected chi connectivity index (χ1v) is 9.07. The van der Waals surface area contributed by atoms with Gasteiger partial charge in [-0.3, -0.25) is 9.69 Å². The molecule has 132 valence electrons. The van der Waals surface area contributed by atoms with Crippen molar-refractivity contribution in [2.45, 2.75) is 13.1 Å². The lowest BCUT2D eigenvalue weighted by atomic mass is 10.3. The maximum atomic E-state index is 12.4. The van der Waals surface area contributed by atoms with Crippen molar-refractivity contribution in [2.75, 3.05) is 53.2 Å². The van der Waals surface area contributed by atoms with Crippen LogP contribution in [0, 0.1) is 0 Å². The minimum atomic E-state index is -0.510. The zero-order valence-corrected chi connectivity index (χ0v) is 14.7. The third-order valence-corrected chi connectivity index (χ3v) is 5.46. The molecule has 8 nitrogen and oxygen atoms in total. The largest absolute Gasteiger partial charge is 0.466 e. The Labute approximate surface area is 143 Å². The lowest BCUT2D eigenvalue weighted by molar-refractivity contribution is -0.937. The van der Waals surface area contributed by atoms with Crippen LogP contribution in [0.3, 0.4) is 0 Å². The van der Waals surface area contributed by atoms with Crippen LogP contribution in [0.4, 0.5) is 0 Å². The highest BCUT2D eigenvalue weighted by Gasteiger charge is 2.20. The van der Waals surface area contributed by atoms with E-state index in [-0.39, 0.29) is 5.56 Å². The number of hydrogen-bond donors (Lipinski definition) is 2. The molecule has 1 aromatic heterocycles. The van der Waals surface area contributed by atoms with E-state index in [2.05, 4.69) is 9.73 Å². The molecule has 1 aromatic rings. The van der Waals surface area contributed by atoms with Crippen molar-refractivity contribution in [3.63, 3.8) is 0 Å². The molecule has 24 heavy (non-hydrogen) atoms. The minimum absolute atomic E-state index is 0.153. The number of carbonyl (C=O) groups is 1. The number of hydrogen-bond acceptors (Lipinski definition) is 6. The maximum absolute atomic E-state index is 12.4. The molecular formula is C15H24N4O4S+2. The number of thiazole rings is 1. The van der Waals surface area contributed by atoms with E-state index >= 15 is 0 Å². The Morgan fingerprint density at radius 2 is 2.12 bits per heavy atom. The molecule has 0 aromatic carbocycles. The molecule has 1 unspecified atom stereocenters. The molecule has 1 saturated heterocycles. The molecule has 2 N–H and O–H groups in total. The first-order chi connectivity index (χ1) is 11.7. The van der Waals surface area contributed by atoms with Crippen LogP contribution >= 0.6 is 11.3 Å². The number of quaternary nitrogens is 2. The van der Waals surface area contributed by atoms with Gasteiger partial charge in [0.2, 0.25) is 0 Å². The molecule has 0 bridgehead atoms. The van der Waals surface area contributed by atoms with Gasteiger partial charge in [-0.25, -0.2) is 14.4 Å². The molecule has 0 aliphatic carbocycles. The van der Waals surface area contributed by atoms with Gasteiger partial charge in [0.25, 0.3) is 5.56 Å². The van der Waals surface area contributed by atoms with Crippen molar-refractivity contribution in [3.8, 4) is 0 Å². The molecule has 0 amide bonds. The van der Waals surface area contributed by atoms with Crippen molar-refractivity contribution >= 4 is 23.4 Å². The van der Waals surface area contributed by atoms with E-state index in [1.807, 2.05) is 0 Å². The summed E-state index contributed by atoms with van der Waals surface area (Å²) in [5, 5.41) is 0. The van der Waals surface area contributed by atoms with Crippen LogP contribution in [0.2, 0.25) is 0 Å². The summed E-state index contributed by atoms with van der Waals surface area (Å²) in [6, 6.07) is 0. The number of nitrogens with zero attached hydrogens (tertiary/aromatic N) is 2. The first kappa shape index (κ1) is 17.3. The average molecular weight is 356 g/mol. The van der Waals surface area contributed by atoms with Crippen LogP contribution in [-0.2, 0) is 20.9 Å². The zero-order valence-electron chi connectivity index (χ0n) is 13.9. The molecule has 2 aliphatic heterocycles. The van der Waals surface area contributed by atoms with Gasteiger partial charge in [0.1, 0.15) is 17.6 Å². The van der Waals surface area contributed by atoms with E-state index in [9.17, 15) is 9.59 Å². The summed E-state index contributed by atoms with van der Waals surface area (Å²) in [4.78, 5) is 31.8. The molecule has 1 atom stereocenters. The van der Waals surface area contributed by atoms with Gasteiger partial charge in [0, 0.05) is 12.5 Å². The van der Waals surface area contributed by atoms with Crippen LogP contribution in [-0.4, -0.2) is 63.7 Å². The Bertz CT molecular complexity index is 751. The summed E-state index contributed by atoms with van der Waals surface area (Å²) in [6.07, 6.45) is 2.35. The first-order valence-electron chi connectivity index (χ1n) is 8.26. The summed E-state index contributed by atoms with van der Waals surface area (Å²) >= 11 is 1.25. The Kier molecular flexibility index (Phi) is 5.77. The van der Waals surface area contributed by atoms with Gasteiger partial charge < -0.3 is 14.4 Å². The van der Waals surface area contributed by atoms with E-state index in [1.165, 1.54) is 29.4 Å². The second-order valence-electron chi connectivity index (χ2n) is 6.09. The molecule has 3 heterocycles. The predicted molar refractivity (Wildman–Crippen MR) is 87.5 cm³/mol. The highest BCUT2D eigenvalue weighted by atomic mass is 32.1. The number of nitrogens with one attached hydrogen (secondary N) is 2. The lowest BCUT2D eigenvalue weighted by Crippen LogP contribution is -3.16. The zero-order chi connectivity index (χ0) is 16.9. The quantitative estimate of drug-likeness (QED) is 0.523. The second kappa shape index (κ2) is 8.02. The number of rotatable bonds is 5. The van der Waals surface area contributed by atoms with Crippen LogP contribution < -0.4 is 24.7 Å². The molecule has 0 spiro atoms. The third kappa shape index (κ3) is 4.10. The Morgan fingerprint density at radius 3 is 2.88 bits per heavy atom. The Balaban J connectivity index is 1.59. The van der Waals surface area contributed by atoms with Gasteiger partial charge in [-0.15, -0.1) is 0 Å². The molecule has 0 saturated carbocycles. The predicted octanol–water partition coefficient (Wildman–Crippen LogP) is -4.40. The van der Waals surface area contributed by atoms with Crippen LogP contribution in [0.5, 0.6) is 0 Å². The van der Waals surface area contributed by atoms with Crippen molar-refractivity contribution in [1.29, 1.82) is 0 Å². The standard InChI is InChI=1S/C15H22N4O4S/c1-22-13(20)9-12-14(21)19-11-18(10-16-15(19)24-12)4-2-3-17-5-7-23-8-6-17/h9H,2-8,10-11H2,1H3/p+2/b12-9-. The van der Waals surface area contributed by atoms with Crippen LogP contribution in [0.25, 0.3) is 6.08 Å². The van der Waals surface area contributed by atoms with Crippen molar-refractivity contribution in [2.24, 2.45) is 4.99 Å². The average Bonchev–Trinajstić information content (AvgIpc) is 2.91. The van der Waals surface area contributed by atoms with E-state index < -0.39 is 5.97 Å². The van der Waals surface area contributed by atoms with Crippen LogP contribution in [0.1, 0.15) is 6.42 Å². The van der Waals surface area contributed by atoms with E-state index in [0.29, 0.717) is 22.7 Å². The van der Waals surface area contributed by atoms with Gasteiger partial charge in [-0.05, 0) is 0 Å². The molecule has 2 aliphatic rings. The van der Waals surface area contributed by atoms with Crippen molar-refractivity contribution < 1.29 is 24.1 Å². The fourth-order valence-corrected chi connectivity index (χ4v) is 3.98. The highest BCUT2D eigenvalue weighted by Crippen LogP contribution is 1.82. The normalized spacial score (nSPS) is 22.0. The number of ether oxygens (including phenoxy) is 2. The Hall–Kier alpha value is -1.55. The van der Waals surface area contributed by atoms with E-state index in [0.717, 1.165) is 45.8 Å². The number of morpholine rings is 1.